The van der Waals surface area contributed by atoms with Crippen LogP contribution in [0.1, 0.15) is 89.8 Å². The van der Waals surface area contributed by atoms with Crippen LogP contribution in [0, 0.1) is 11.3 Å². The van der Waals surface area contributed by atoms with Crippen molar-refractivity contribution in [2.45, 2.75) is 120 Å². The number of nitriles is 1. The van der Waals surface area contributed by atoms with E-state index in [4.69, 9.17) is 17.4 Å². The number of nitrogens with zero attached hydrogens (tertiary/aromatic N) is 5. The molecule has 2 N–H and O–H groups in total. The van der Waals surface area contributed by atoms with E-state index < -0.39 is 33.8 Å². The van der Waals surface area contributed by atoms with Gasteiger partial charge in [-0.15, -0.1) is 25.0 Å². The van der Waals surface area contributed by atoms with Crippen LogP contribution in [0.25, 0.3) is 0 Å². The van der Waals surface area contributed by atoms with Gasteiger partial charge in [-0.3, -0.25) is 44.1 Å². The number of benzene rings is 2. The third-order valence-corrected chi connectivity index (χ3v) is 12.8. The molecule has 1 saturated carbocycles. The summed E-state index contributed by atoms with van der Waals surface area (Å²) in [5.41, 5.74) is -2.68. The second kappa shape index (κ2) is 17.9. The molecule has 4 amide bonds. The molecule has 2 aromatic carbocycles. The number of nitrogens with one attached hydrogen (secondary N) is 2. The zero-order valence-corrected chi connectivity index (χ0v) is 35.2. The molecule has 4 fully saturated rings. The second-order valence-corrected chi connectivity index (χ2v) is 17.1. The molecule has 1 unspecified atom stereocenters. The van der Waals surface area contributed by atoms with Crippen LogP contribution >= 0.6 is 25.0 Å². The van der Waals surface area contributed by atoms with Crippen LogP contribution in [0.5, 0.6) is 0 Å². The number of piperidine rings is 1. The maximum absolute atomic E-state index is 13.7. The predicted octanol–water partition coefficient (Wildman–Crippen LogP) is 5.69. The van der Waals surface area contributed by atoms with Gasteiger partial charge in [-0.1, -0.05) is 12.1 Å². The molecule has 0 bridgehead atoms. The molecule has 3 heterocycles. The lowest BCUT2D eigenvalue weighted by Gasteiger charge is -2.44. The number of ether oxygens (including phenoxy) is 1. The van der Waals surface area contributed by atoms with Crippen molar-refractivity contribution in [1.29, 1.82) is 5.26 Å². The molecule has 1 aliphatic carbocycles. The lowest BCUT2D eigenvalue weighted by atomic mass is 9.75. The van der Waals surface area contributed by atoms with Gasteiger partial charge in [-0.05, 0) is 103 Å². The maximum Gasteiger partial charge on any atom is 0.417 e. The van der Waals surface area contributed by atoms with E-state index in [-0.39, 0.29) is 78.9 Å². The topological polar surface area (TPSA) is 138 Å². The van der Waals surface area contributed by atoms with Crippen LogP contribution in [-0.2, 0) is 35.5 Å². The second-order valence-electron chi connectivity index (χ2n) is 16.6. The van der Waals surface area contributed by atoms with Crippen molar-refractivity contribution >= 4 is 60.0 Å². The lowest BCUT2D eigenvalue weighted by molar-refractivity contribution is -0.138. The molecule has 316 valence electrons. The fourth-order valence-electron chi connectivity index (χ4n) is 9.00. The Hall–Kier alpha value is -3.72. The number of rotatable bonds is 10. The Balaban J connectivity index is 0.00000641. The van der Waals surface area contributed by atoms with E-state index in [0.717, 1.165) is 63.0 Å². The Morgan fingerprint density at radius 2 is 1.66 bits per heavy atom. The summed E-state index contributed by atoms with van der Waals surface area (Å²) in [7, 11) is 0. The average Bonchev–Trinajstić information content (AvgIpc) is 3.33. The van der Waals surface area contributed by atoms with Crippen LogP contribution in [0.2, 0.25) is 0 Å². The number of carbonyl (C=O) groups excluding carboxylic acids is 4. The number of halogens is 4. The highest BCUT2D eigenvalue weighted by Crippen LogP contribution is 2.43. The third-order valence-electron chi connectivity index (χ3n) is 12.3. The Kier molecular flexibility index (Phi) is 14.0. The minimum absolute atomic E-state index is 0. The van der Waals surface area contributed by atoms with Crippen LogP contribution in [0.15, 0.2) is 42.5 Å². The molecule has 0 spiro atoms. The molecule has 0 radical (unpaired) electrons. The maximum atomic E-state index is 13.7. The van der Waals surface area contributed by atoms with Crippen LogP contribution in [0.4, 0.5) is 24.5 Å². The summed E-state index contributed by atoms with van der Waals surface area (Å²) in [6.45, 7) is 12.7. The molecular formula is C41H53ClF3N7O5S. The molecule has 4 aliphatic rings. The minimum atomic E-state index is -4.74. The number of thiol groups is 1. The van der Waals surface area contributed by atoms with Crippen molar-refractivity contribution in [3.63, 3.8) is 0 Å². The molecule has 17 heteroatoms. The van der Waals surface area contributed by atoms with Crippen LogP contribution in [-0.4, -0.2) is 106 Å². The molecule has 2 aromatic rings. The molecule has 0 aromatic heterocycles. The molecule has 3 saturated heterocycles. The standard InChI is InChI=1S/C41H52F3N7O5S.ClH/c1-25-22-48(23-26(2)49(25)24-35(53)46-29-9-7-28(8-10-29)40(5)17-16-34(52)47-36(40)54)18-19-56-32-14-12-30(13-15-32)51-38(57)50(37(55)39(51,3)4)31-11-6-27(21-45)33(20-31)41(42,43)44;/h6-11,20,25-26,30,32,38,57H,12-19,22-24H2,1-5H3,(H,46,53)(H,47,52,54);1H/t25-,26+,30?,32?,38?,40-;/m1./s1. The quantitative estimate of drug-likeness (QED) is 0.203. The van der Waals surface area contributed by atoms with Gasteiger partial charge in [0.15, 0.2) is 0 Å². The van der Waals surface area contributed by atoms with Gasteiger partial charge in [0, 0.05) is 55.6 Å². The molecule has 3 aliphatic heterocycles. The first-order chi connectivity index (χ1) is 26.8. The van der Waals surface area contributed by atoms with Crippen LogP contribution in [0.3, 0.4) is 0 Å². The van der Waals surface area contributed by atoms with Crippen molar-refractivity contribution < 1.29 is 37.1 Å². The number of alkyl halides is 3. The van der Waals surface area contributed by atoms with E-state index in [1.807, 2.05) is 24.0 Å². The van der Waals surface area contributed by atoms with E-state index >= 15 is 0 Å². The summed E-state index contributed by atoms with van der Waals surface area (Å²) in [5.74, 6) is -1.04. The van der Waals surface area contributed by atoms with E-state index in [0.29, 0.717) is 18.7 Å². The summed E-state index contributed by atoms with van der Waals surface area (Å²) in [5, 5.41) is 14.6. The zero-order valence-electron chi connectivity index (χ0n) is 33.5. The highest BCUT2D eigenvalue weighted by atomic mass is 35.5. The smallest absolute Gasteiger partial charge is 0.377 e. The number of imide groups is 1. The zero-order chi connectivity index (χ0) is 41.4. The van der Waals surface area contributed by atoms with Crippen molar-refractivity contribution in [2.24, 2.45) is 0 Å². The van der Waals surface area contributed by atoms with Gasteiger partial charge in [-0.2, -0.15) is 18.4 Å². The van der Waals surface area contributed by atoms with Gasteiger partial charge in [-0.25, -0.2) is 0 Å². The summed E-state index contributed by atoms with van der Waals surface area (Å²) in [6, 6.07) is 12.4. The van der Waals surface area contributed by atoms with Gasteiger partial charge < -0.3 is 10.1 Å². The Morgan fingerprint density at radius 1 is 1.02 bits per heavy atom. The third kappa shape index (κ3) is 9.35. The van der Waals surface area contributed by atoms with Crippen molar-refractivity contribution in [3.05, 3.63) is 59.2 Å². The largest absolute Gasteiger partial charge is 0.417 e. The monoisotopic (exact) mass is 847 g/mol. The average molecular weight is 848 g/mol. The summed E-state index contributed by atoms with van der Waals surface area (Å²) in [4.78, 5) is 58.8. The van der Waals surface area contributed by atoms with E-state index in [1.165, 1.54) is 11.0 Å². The van der Waals surface area contributed by atoms with E-state index in [1.54, 1.807) is 32.0 Å². The van der Waals surface area contributed by atoms with E-state index in [2.05, 4.69) is 34.3 Å². The Morgan fingerprint density at radius 3 is 2.24 bits per heavy atom. The van der Waals surface area contributed by atoms with Crippen molar-refractivity contribution in [3.8, 4) is 6.07 Å². The SMILES string of the molecule is C[C@@H]1CN(CCOC2CCC(N3C(S)N(c4ccc(C#N)c(C(F)(F)F)c4)C(=O)C3(C)C)CC2)C[C@H](C)N1CC(=O)Nc1ccc([C@@]2(C)CCC(=O)NC2=O)cc1.Cl. The molecular weight excluding hydrogens is 795 g/mol. The first-order valence-corrected chi connectivity index (χ1v) is 20.1. The molecule has 6 rings (SSSR count). The van der Waals surface area contributed by atoms with Gasteiger partial charge >= 0.3 is 6.18 Å². The van der Waals surface area contributed by atoms with Gasteiger partial charge in [0.1, 0.15) is 5.50 Å². The Bertz CT molecular complexity index is 1890. The minimum Gasteiger partial charge on any atom is -0.377 e. The van der Waals surface area contributed by atoms with Crippen molar-refractivity contribution in [1.82, 2.24) is 20.0 Å². The molecule has 12 nitrogen and oxygen atoms in total. The number of amides is 4. The first-order valence-electron chi connectivity index (χ1n) is 19.6. The van der Waals surface area contributed by atoms with Crippen LogP contribution < -0.4 is 15.5 Å². The Labute approximate surface area is 349 Å². The number of carbonyl (C=O) groups is 4. The number of hydrogen-bond donors (Lipinski definition) is 3. The normalized spacial score (nSPS) is 28.4. The highest BCUT2D eigenvalue weighted by molar-refractivity contribution is 7.81. The fraction of sp³-hybridized carbons (Fsp3) is 0.585. The lowest BCUT2D eigenvalue weighted by Crippen LogP contribution is -2.58. The van der Waals surface area contributed by atoms with Gasteiger partial charge in [0.2, 0.25) is 23.6 Å². The summed E-state index contributed by atoms with van der Waals surface area (Å²) in [6.07, 6.45) is -0.951. The van der Waals surface area contributed by atoms with E-state index in [9.17, 15) is 37.6 Å². The summed E-state index contributed by atoms with van der Waals surface area (Å²) < 4.78 is 47.6. The first kappa shape index (κ1) is 45.4. The fourth-order valence-corrected chi connectivity index (χ4v) is 9.71. The van der Waals surface area contributed by atoms with Gasteiger partial charge in [0.05, 0.1) is 47.4 Å². The molecule has 4 atom stereocenters. The number of anilines is 2. The van der Waals surface area contributed by atoms with Crippen molar-refractivity contribution in [2.75, 3.05) is 43.0 Å². The number of hydrogen-bond acceptors (Lipinski definition) is 10. The highest BCUT2D eigenvalue weighted by Gasteiger charge is 2.54. The molecule has 58 heavy (non-hydrogen) atoms. The number of piperazine rings is 1. The summed E-state index contributed by atoms with van der Waals surface area (Å²) >= 11 is 4.76. The van der Waals surface area contributed by atoms with Gasteiger partial charge in [0.25, 0.3) is 0 Å². The predicted molar refractivity (Wildman–Crippen MR) is 218 cm³/mol.